The summed E-state index contributed by atoms with van der Waals surface area (Å²) in [6.45, 7) is 7.17. The third-order valence-electron chi connectivity index (χ3n) is 4.72. The van der Waals surface area contributed by atoms with Gasteiger partial charge in [0, 0.05) is 19.0 Å². The highest BCUT2D eigenvalue weighted by atomic mass is 16.6. The normalized spacial score (nSPS) is 21.0. The topological polar surface area (TPSA) is 29.5 Å². The third kappa shape index (κ3) is 4.41. The van der Waals surface area contributed by atoms with E-state index in [1.165, 1.54) is 11.1 Å². The Morgan fingerprint density at radius 3 is 1.96 bits per heavy atom. The van der Waals surface area contributed by atoms with Crippen molar-refractivity contribution in [2.24, 2.45) is 0 Å². The second kappa shape index (κ2) is 7.30. The van der Waals surface area contributed by atoms with E-state index >= 15 is 0 Å². The Labute approximate surface area is 150 Å². The Hall–Kier alpha value is -2.29. The fourth-order valence-electron chi connectivity index (χ4n) is 3.58. The van der Waals surface area contributed by atoms with E-state index in [0.717, 1.165) is 13.0 Å². The average Bonchev–Trinajstić information content (AvgIpc) is 2.61. The number of carbonyl (C=O) groups is 1. The summed E-state index contributed by atoms with van der Waals surface area (Å²) in [6.07, 6.45) is 0.739. The molecule has 1 aliphatic rings. The van der Waals surface area contributed by atoms with Gasteiger partial charge in [-0.15, -0.1) is 0 Å². The summed E-state index contributed by atoms with van der Waals surface area (Å²) in [7, 11) is 0. The van der Waals surface area contributed by atoms with Gasteiger partial charge in [-0.2, -0.15) is 0 Å². The predicted octanol–water partition coefficient (Wildman–Crippen LogP) is 5.19. The molecule has 0 aromatic heterocycles. The third-order valence-corrected chi connectivity index (χ3v) is 4.72. The van der Waals surface area contributed by atoms with Crippen molar-refractivity contribution in [3.63, 3.8) is 0 Å². The van der Waals surface area contributed by atoms with Crippen molar-refractivity contribution >= 4 is 6.09 Å². The van der Waals surface area contributed by atoms with Gasteiger partial charge in [-0.25, -0.2) is 4.79 Å². The predicted molar refractivity (Wildman–Crippen MR) is 101 cm³/mol. The summed E-state index contributed by atoms with van der Waals surface area (Å²) in [5, 5.41) is 0. The molecule has 0 bridgehead atoms. The first-order valence-corrected chi connectivity index (χ1v) is 9.02. The first-order valence-electron chi connectivity index (χ1n) is 9.02. The van der Waals surface area contributed by atoms with Gasteiger partial charge in [0.2, 0.25) is 0 Å². The number of rotatable bonds is 2. The molecule has 132 valence electrons. The summed E-state index contributed by atoms with van der Waals surface area (Å²) < 4.78 is 5.59. The molecule has 2 aromatic rings. The van der Waals surface area contributed by atoms with Gasteiger partial charge in [0.1, 0.15) is 5.60 Å². The van der Waals surface area contributed by atoms with Crippen LogP contribution in [-0.4, -0.2) is 29.7 Å². The van der Waals surface area contributed by atoms with E-state index in [1.54, 1.807) is 0 Å². The molecule has 0 saturated carbocycles. The maximum atomic E-state index is 12.5. The van der Waals surface area contributed by atoms with Crippen molar-refractivity contribution in [2.45, 2.75) is 44.6 Å². The Morgan fingerprint density at radius 1 is 0.920 bits per heavy atom. The van der Waals surface area contributed by atoms with Gasteiger partial charge >= 0.3 is 6.09 Å². The minimum atomic E-state index is -0.463. The molecule has 1 fully saturated rings. The fourth-order valence-corrected chi connectivity index (χ4v) is 3.58. The first-order chi connectivity index (χ1) is 11.9. The summed E-state index contributed by atoms with van der Waals surface area (Å²) in [4.78, 5) is 14.4. The van der Waals surface area contributed by atoms with Crippen LogP contribution in [0.1, 0.15) is 50.2 Å². The van der Waals surface area contributed by atoms with Crippen molar-refractivity contribution in [1.82, 2.24) is 4.90 Å². The minimum absolute atomic E-state index is 0.208. The van der Waals surface area contributed by atoms with E-state index in [1.807, 2.05) is 31.7 Å². The molecule has 3 rings (SSSR count). The maximum Gasteiger partial charge on any atom is 0.410 e. The van der Waals surface area contributed by atoms with Crippen molar-refractivity contribution in [2.75, 3.05) is 13.1 Å². The quantitative estimate of drug-likeness (QED) is 0.754. The van der Waals surface area contributed by atoms with Crippen LogP contribution >= 0.6 is 0 Å². The standard InChI is InChI=1S/C22H27NO2/c1-22(2,3)25-21(24)23-15-14-19(17-10-6-4-7-11-17)20(16-23)18-12-8-5-9-13-18/h4-13,19-20H,14-16H2,1-3H3/t19-,20+/m1/s1. The summed E-state index contributed by atoms with van der Waals surface area (Å²) in [5.41, 5.74) is 2.17. The van der Waals surface area contributed by atoms with E-state index < -0.39 is 5.60 Å². The number of amides is 1. The lowest BCUT2D eigenvalue weighted by Gasteiger charge is -2.39. The number of hydrogen-bond donors (Lipinski definition) is 0. The molecule has 0 aliphatic carbocycles. The minimum Gasteiger partial charge on any atom is -0.444 e. The number of benzene rings is 2. The van der Waals surface area contributed by atoms with Gasteiger partial charge in [0.15, 0.2) is 0 Å². The fraction of sp³-hybridized carbons (Fsp3) is 0.409. The molecular weight excluding hydrogens is 310 g/mol. The molecular formula is C22H27NO2. The number of nitrogens with zero attached hydrogens (tertiary/aromatic N) is 1. The molecule has 1 amide bonds. The molecule has 3 heteroatoms. The molecule has 0 N–H and O–H groups in total. The van der Waals surface area contributed by atoms with Crippen LogP contribution < -0.4 is 0 Å². The highest BCUT2D eigenvalue weighted by molar-refractivity contribution is 5.68. The largest absolute Gasteiger partial charge is 0.444 e. The number of piperidine rings is 1. The molecule has 1 aliphatic heterocycles. The molecule has 1 heterocycles. The summed E-state index contributed by atoms with van der Waals surface area (Å²) in [5.74, 6) is 0.701. The highest BCUT2D eigenvalue weighted by Gasteiger charge is 2.34. The van der Waals surface area contributed by atoms with Crippen LogP contribution in [0.4, 0.5) is 4.79 Å². The number of hydrogen-bond acceptors (Lipinski definition) is 2. The summed E-state index contributed by atoms with van der Waals surface area (Å²) in [6, 6.07) is 21.2. The Morgan fingerprint density at radius 2 is 1.44 bits per heavy atom. The lowest BCUT2D eigenvalue weighted by Crippen LogP contribution is -2.44. The van der Waals surface area contributed by atoms with Crippen molar-refractivity contribution in [1.29, 1.82) is 0 Å². The Balaban J connectivity index is 1.84. The second-order valence-corrected chi connectivity index (χ2v) is 7.75. The maximum absolute atomic E-state index is 12.5. The van der Waals surface area contributed by atoms with Crippen LogP contribution in [0.3, 0.4) is 0 Å². The Bertz CT molecular complexity index is 691. The van der Waals surface area contributed by atoms with E-state index in [2.05, 4.69) is 54.6 Å². The lowest BCUT2D eigenvalue weighted by molar-refractivity contribution is 0.0184. The molecule has 3 nitrogen and oxygen atoms in total. The molecule has 0 radical (unpaired) electrons. The molecule has 0 unspecified atom stereocenters. The van der Waals surface area contributed by atoms with Gasteiger partial charge in [0.05, 0.1) is 0 Å². The average molecular weight is 337 g/mol. The van der Waals surface area contributed by atoms with E-state index in [0.29, 0.717) is 12.5 Å². The van der Waals surface area contributed by atoms with Crippen LogP contribution in [0.15, 0.2) is 60.7 Å². The number of carbonyl (C=O) groups excluding carboxylic acids is 1. The lowest BCUT2D eigenvalue weighted by atomic mass is 9.77. The number of ether oxygens (including phenoxy) is 1. The summed E-state index contributed by atoms with van der Waals surface area (Å²) >= 11 is 0. The van der Waals surface area contributed by atoms with Crippen LogP contribution in [0, 0.1) is 0 Å². The smallest absolute Gasteiger partial charge is 0.410 e. The van der Waals surface area contributed by atoms with Crippen molar-refractivity contribution in [3.05, 3.63) is 71.8 Å². The van der Waals surface area contributed by atoms with Crippen LogP contribution in [0.5, 0.6) is 0 Å². The second-order valence-electron chi connectivity index (χ2n) is 7.75. The van der Waals surface area contributed by atoms with Crippen LogP contribution in [-0.2, 0) is 4.74 Å². The molecule has 0 spiro atoms. The van der Waals surface area contributed by atoms with Crippen LogP contribution in [0.25, 0.3) is 0 Å². The molecule has 2 atom stereocenters. The Kier molecular flexibility index (Phi) is 5.12. The van der Waals surface area contributed by atoms with E-state index in [4.69, 9.17) is 4.74 Å². The van der Waals surface area contributed by atoms with E-state index in [9.17, 15) is 4.79 Å². The zero-order chi connectivity index (χ0) is 17.9. The monoisotopic (exact) mass is 337 g/mol. The SMILES string of the molecule is CC(C)(C)OC(=O)N1CC[C@H](c2ccccc2)[C@H](c2ccccc2)C1. The zero-order valence-electron chi connectivity index (χ0n) is 15.3. The molecule has 25 heavy (non-hydrogen) atoms. The van der Waals surface area contributed by atoms with Crippen molar-refractivity contribution < 1.29 is 9.53 Å². The van der Waals surface area contributed by atoms with Gasteiger partial charge in [-0.3, -0.25) is 0 Å². The molecule has 2 aromatic carbocycles. The number of likely N-dealkylation sites (tertiary alicyclic amines) is 1. The highest BCUT2D eigenvalue weighted by Crippen LogP contribution is 2.39. The van der Waals surface area contributed by atoms with Gasteiger partial charge in [0.25, 0.3) is 0 Å². The van der Waals surface area contributed by atoms with Gasteiger partial charge in [-0.05, 0) is 44.2 Å². The van der Waals surface area contributed by atoms with Crippen LogP contribution in [0.2, 0.25) is 0 Å². The zero-order valence-corrected chi connectivity index (χ0v) is 15.3. The van der Waals surface area contributed by atoms with E-state index in [-0.39, 0.29) is 12.0 Å². The molecule has 1 saturated heterocycles. The van der Waals surface area contributed by atoms with Crippen molar-refractivity contribution in [3.8, 4) is 0 Å². The van der Waals surface area contributed by atoms with Gasteiger partial charge < -0.3 is 9.64 Å². The van der Waals surface area contributed by atoms with Gasteiger partial charge in [-0.1, -0.05) is 60.7 Å². The first kappa shape index (κ1) is 17.5.